The van der Waals surface area contributed by atoms with E-state index in [1.54, 1.807) is 0 Å². The second-order valence-corrected chi connectivity index (χ2v) is 7.60. The van der Waals surface area contributed by atoms with E-state index in [1.165, 1.54) is 0 Å². The molecular weight excluding hydrogens is 366 g/mol. The number of rotatable bonds is 7. The number of likely N-dealkylation sites (N-methyl/N-ethyl adjacent to an activating group) is 1. The van der Waals surface area contributed by atoms with Gasteiger partial charge in [0.1, 0.15) is 11.6 Å². The number of aryl methyl sites for hydroxylation is 2. The molecular formula is C21H29N7O. The largest absolute Gasteiger partial charge is 0.314 e. The Kier molecular flexibility index (Phi) is 5.62. The highest BCUT2D eigenvalue weighted by molar-refractivity contribution is 5.93. The summed E-state index contributed by atoms with van der Waals surface area (Å²) in [7, 11) is 0. The van der Waals surface area contributed by atoms with Gasteiger partial charge in [-0.2, -0.15) is 0 Å². The monoisotopic (exact) mass is 395 g/mol. The van der Waals surface area contributed by atoms with Crippen LogP contribution in [0.25, 0.3) is 11.0 Å². The number of para-hydroxylation sites is 2. The summed E-state index contributed by atoms with van der Waals surface area (Å²) in [4.78, 5) is 20.1. The van der Waals surface area contributed by atoms with E-state index >= 15 is 0 Å². The zero-order valence-corrected chi connectivity index (χ0v) is 17.4. The smallest absolute Gasteiger partial charge is 0.231 e. The fourth-order valence-electron chi connectivity index (χ4n) is 4.07. The Hall–Kier alpha value is -2.74. The Bertz CT molecular complexity index is 1000. The number of anilines is 1. The summed E-state index contributed by atoms with van der Waals surface area (Å²) >= 11 is 0. The van der Waals surface area contributed by atoms with Crippen LogP contribution in [0.5, 0.6) is 0 Å². The summed E-state index contributed by atoms with van der Waals surface area (Å²) in [5, 5.41) is 11.4. The van der Waals surface area contributed by atoms with Gasteiger partial charge in [0.25, 0.3) is 0 Å². The Labute approximate surface area is 170 Å². The number of fused-ring (bicyclic) bond motifs is 2. The average molecular weight is 396 g/mol. The standard InChI is InChI=1S/C21H29N7O/c1-4-26(5-2)12-13-27-18-9-7-6-8-17(18)22-21(27)23-20(29)16-10-11-19-25-24-15(3)28(19)14-16/h6-9,16H,4-5,10-14H2,1-3H3,(H,22,23,29). The second-order valence-electron chi connectivity index (χ2n) is 7.60. The summed E-state index contributed by atoms with van der Waals surface area (Å²) in [5.41, 5.74) is 1.96. The van der Waals surface area contributed by atoms with E-state index in [0.717, 1.165) is 61.7 Å². The van der Waals surface area contributed by atoms with Gasteiger partial charge < -0.3 is 14.0 Å². The molecule has 0 saturated heterocycles. The number of carbonyl (C=O) groups is 1. The number of hydrogen-bond donors (Lipinski definition) is 1. The molecule has 1 atom stereocenters. The van der Waals surface area contributed by atoms with Gasteiger partial charge in [-0.15, -0.1) is 10.2 Å². The minimum atomic E-state index is -0.103. The lowest BCUT2D eigenvalue weighted by molar-refractivity contribution is -0.120. The van der Waals surface area contributed by atoms with Gasteiger partial charge in [0.2, 0.25) is 11.9 Å². The maximum Gasteiger partial charge on any atom is 0.231 e. The molecule has 4 rings (SSSR count). The van der Waals surface area contributed by atoms with Gasteiger partial charge in [0.05, 0.1) is 17.0 Å². The highest BCUT2D eigenvalue weighted by atomic mass is 16.2. The summed E-state index contributed by atoms with van der Waals surface area (Å²) < 4.78 is 4.18. The zero-order valence-electron chi connectivity index (χ0n) is 17.4. The van der Waals surface area contributed by atoms with Gasteiger partial charge in [0.15, 0.2) is 0 Å². The Morgan fingerprint density at radius 3 is 2.83 bits per heavy atom. The molecule has 1 aliphatic heterocycles. The molecule has 8 heteroatoms. The number of aromatic nitrogens is 5. The number of hydrogen-bond acceptors (Lipinski definition) is 5. The molecule has 3 aromatic rings. The summed E-state index contributed by atoms with van der Waals surface area (Å²) in [5.74, 6) is 2.38. The van der Waals surface area contributed by atoms with Gasteiger partial charge in [-0.05, 0) is 38.6 Å². The maximum atomic E-state index is 13.1. The van der Waals surface area contributed by atoms with E-state index < -0.39 is 0 Å². The van der Waals surface area contributed by atoms with Crippen molar-refractivity contribution in [2.24, 2.45) is 5.92 Å². The van der Waals surface area contributed by atoms with Crippen LogP contribution in [0.4, 0.5) is 5.95 Å². The summed E-state index contributed by atoms with van der Waals surface area (Å²) in [6.45, 7) is 10.6. The normalized spacial score (nSPS) is 16.3. The van der Waals surface area contributed by atoms with Crippen molar-refractivity contribution in [3.05, 3.63) is 35.9 Å². The van der Waals surface area contributed by atoms with E-state index in [0.29, 0.717) is 12.5 Å². The molecule has 0 bridgehead atoms. The number of carbonyl (C=O) groups excluding carboxylic acids is 1. The molecule has 0 saturated carbocycles. The third-order valence-corrected chi connectivity index (χ3v) is 5.93. The van der Waals surface area contributed by atoms with Crippen molar-refractivity contribution in [2.75, 3.05) is 25.0 Å². The van der Waals surface area contributed by atoms with E-state index in [2.05, 4.69) is 49.5 Å². The van der Waals surface area contributed by atoms with Crippen LogP contribution >= 0.6 is 0 Å². The number of imidazole rings is 1. The molecule has 2 aromatic heterocycles. The molecule has 0 spiro atoms. The minimum Gasteiger partial charge on any atom is -0.314 e. The molecule has 0 fully saturated rings. The van der Waals surface area contributed by atoms with Crippen molar-refractivity contribution >= 4 is 22.9 Å². The Morgan fingerprint density at radius 2 is 2.03 bits per heavy atom. The molecule has 29 heavy (non-hydrogen) atoms. The van der Waals surface area contributed by atoms with E-state index in [4.69, 9.17) is 4.98 Å². The van der Waals surface area contributed by atoms with Crippen molar-refractivity contribution < 1.29 is 4.79 Å². The number of benzene rings is 1. The summed E-state index contributed by atoms with van der Waals surface area (Å²) in [6.07, 6.45) is 1.56. The highest BCUT2D eigenvalue weighted by Crippen LogP contribution is 2.24. The summed E-state index contributed by atoms with van der Waals surface area (Å²) in [6, 6.07) is 8.05. The number of amides is 1. The first-order valence-electron chi connectivity index (χ1n) is 10.5. The first kappa shape index (κ1) is 19.6. The molecule has 0 radical (unpaired) electrons. The Balaban J connectivity index is 1.55. The van der Waals surface area contributed by atoms with Crippen LogP contribution in [0.2, 0.25) is 0 Å². The minimum absolute atomic E-state index is 0.0168. The van der Waals surface area contributed by atoms with Crippen LogP contribution in [0.3, 0.4) is 0 Å². The fourth-order valence-corrected chi connectivity index (χ4v) is 4.07. The van der Waals surface area contributed by atoms with Crippen LogP contribution < -0.4 is 5.32 Å². The molecule has 1 aromatic carbocycles. The topological polar surface area (TPSA) is 80.9 Å². The van der Waals surface area contributed by atoms with E-state index in [1.807, 2.05) is 25.1 Å². The third kappa shape index (κ3) is 3.89. The molecule has 8 nitrogen and oxygen atoms in total. The molecule has 0 aliphatic carbocycles. The molecule has 1 amide bonds. The van der Waals surface area contributed by atoms with Crippen LogP contribution in [-0.4, -0.2) is 54.8 Å². The van der Waals surface area contributed by atoms with E-state index in [9.17, 15) is 4.79 Å². The molecule has 1 aliphatic rings. The van der Waals surface area contributed by atoms with Crippen LogP contribution in [0.1, 0.15) is 31.9 Å². The van der Waals surface area contributed by atoms with Gasteiger partial charge >= 0.3 is 0 Å². The quantitative estimate of drug-likeness (QED) is 0.665. The molecule has 154 valence electrons. The average Bonchev–Trinajstić information content (AvgIpc) is 3.28. The molecule has 1 unspecified atom stereocenters. The van der Waals surface area contributed by atoms with Gasteiger partial charge in [0, 0.05) is 26.1 Å². The first-order valence-corrected chi connectivity index (χ1v) is 10.5. The lowest BCUT2D eigenvalue weighted by Gasteiger charge is -2.23. The Morgan fingerprint density at radius 1 is 1.24 bits per heavy atom. The van der Waals surface area contributed by atoms with Gasteiger partial charge in [-0.1, -0.05) is 26.0 Å². The predicted octanol–water partition coefficient (Wildman–Crippen LogP) is 2.48. The zero-order chi connectivity index (χ0) is 20.4. The molecule has 3 heterocycles. The SMILES string of the molecule is CCN(CC)CCn1c(NC(=O)C2CCc3nnc(C)n3C2)nc2ccccc21. The van der Waals surface area contributed by atoms with Crippen molar-refractivity contribution in [3.8, 4) is 0 Å². The van der Waals surface area contributed by atoms with Gasteiger partial charge in [-0.25, -0.2) is 4.98 Å². The predicted molar refractivity (Wildman–Crippen MR) is 113 cm³/mol. The van der Waals surface area contributed by atoms with Gasteiger partial charge in [-0.3, -0.25) is 10.1 Å². The van der Waals surface area contributed by atoms with E-state index in [-0.39, 0.29) is 11.8 Å². The van der Waals surface area contributed by atoms with Crippen molar-refractivity contribution in [2.45, 2.75) is 46.7 Å². The highest BCUT2D eigenvalue weighted by Gasteiger charge is 2.28. The lowest BCUT2D eigenvalue weighted by atomic mass is 9.98. The maximum absolute atomic E-state index is 13.1. The van der Waals surface area contributed by atoms with Crippen LogP contribution in [-0.2, 0) is 24.3 Å². The fraction of sp³-hybridized carbons (Fsp3) is 0.524. The lowest BCUT2D eigenvalue weighted by Crippen LogP contribution is -2.33. The number of nitrogens with one attached hydrogen (secondary N) is 1. The third-order valence-electron chi connectivity index (χ3n) is 5.93. The second kappa shape index (κ2) is 8.32. The van der Waals surface area contributed by atoms with Crippen molar-refractivity contribution in [1.29, 1.82) is 0 Å². The van der Waals surface area contributed by atoms with Crippen LogP contribution in [0.15, 0.2) is 24.3 Å². The van der Waals surface area contributed by atoms with Crippen LogP contribution in [0, 0.1) is 12.8 Å². The first-order chi connectivity index (χ1) is 14.1. The number of nitrogens with zero attached hydrogens (tertiary/aromatic N) is 6. The van der Waals surface area contributed by atoms with Crippen molar-refractivity contribution in [3.63, 3.8) is 0 Å². The molecule has 1 N–H and O–H groups in total. The van der Waals surface area contributed by atoms with Crippen molar-refractivity contribution in [1.82, 2.24) is 29.2 Å².